The average molecular weight is 241 g/mol. The Hall–Kier alpha value is -2.48. The molecule has 0 atom stereocenters. The molecule has 0 aliphatic rings. The molecule has 0 unspecified atom stereocenters. The summed E-state index contributed by atoms with van der Waals surface area (Å²) in [4.78, 5) is 2.04. The quantitative estimate of drug-likeness (QED) is 0.880. The van der Waals surface area contributed by atoms with Crippen molar-refractivity contribution in [2.24, 2.45) is 0 Å². The second-order valence-electron chi connectivity index (χ2n) is 4.09. The molecular weight excluding hydrogens is 226 g/mol. The molecule has 0 saturated heterocycles. The Morgan fingerprint density at radius 2 is 2.22 bits per heavy atom. The van der Waals surface area contributed by atoms with Gasteiger partial charge < -0.3 is 10.6 Å². The van der Waals surface area contributed by atoms with Gasteiger partial charge in [-0.2, -0.15) is 10.4 Å². The molecule has 1 aromatic carbocycles. The van der Waals surface area contributed by atoms with Gasteiger partial charge in [0.1, 0.15) is 6.07 Å². The third-order valence-electron chi connectivity index (χ3n) is 2.75. The van der Waals surface area contributed by atoms with Crippen molar-refractivity contribution in [2.45, 2.75) is 6.54 Å². The second-order valence-corrected chi connectivity index (χ2v) is 4.09. The highest BCUT2D eigenvalue weighted by atomic mass is 15.3. The zero-order valence-corrected chi connectivity index (χ0v) is 10.2. The van der Waals surface area contributed by atoms with E-state index in [-0.39, 0.29) is 0 Å². The van der Waals surface area contributed by atoms with Gasteiger partial charge in [-0.1, -0.05) is 12.1 Å². The van der Waals surface area contributed by atoms with Crippen LogP contribution >= 0.6 is 0 Å². The van der Waals surface area contributed by atoms with Crippen molar-refractivity contribution in [3.05, 3.63) is 42.2 Å². The summed E-state index contributed by atoms with van der Waals surface area (Å²) in [7, 11) is 1.96. The van der Waals surface area contributed by atoms with Gasteiger partial charge in [0.05, 0.1) is 29.7 Å². The molecule has 1 aromatic heterocycles. The number of hydrogen-bond donors (Lipinski definition) is 1. The molecule has 2 N–H and O–H groups in total. The van der Waals surface area contributed by atoms with Crippen LogP contribution < -0.4 is 10.6 Å². The zero-order valence-electron chi connectivity index (χ0n) is 10.2. The minimum absolute atomic E-state index is 0.662. The molecule has 0 spiro atoms. The van der Waals surface area contributed by atoms with Crippen molar-refractivity contribution >= 4 is 11.4 Å². The third kappa shape index (κ3) is 2.61. The number of nitriles is 1. The van der Waals surface area contributed by atoms with E-state index < -0.39 is 0 Å². The van der Waals surface area contributed by atoms with E-state index in [0.717, 1.165) is 18.8 Å². The molecule has 5 heteroatoms. The van der Waals surface area contributed by atoms with Gasteiger partial charge in [-0.05, 0) is 12.1 Å². The maximum atomic E-state index is 9.05. The topological polar surface area (TPSA) is 70.9 Å². The van der Waals surface area contributed by atoms with Crippen LogP contribution in [0.15, 0.2) is 36.7 Å². The van der Waals surface area contributed by atoms with Gasteiger partial charge in [-0.3, -0.25) is 4.68 Å². The summed E-state index contributed by atoms with van der Waals surface area (Å²) in [5.41, 5.74) is 7.88. The number of anilines is 2. The molecule has 2 rings (SSSR count). The predicted molar refractivity (Wildman–Crippen MR) is 71.1 cm³/mol. The van der Waals surface area contributed by atoms with E-state index in [1.165, 1.54) is 0 Å². The number of benzene rings is 1. The summed E-state index contributed by atoms with van der Waals surface area (Å²) in [6, 6.07) is 9.75. The van der Waals surface area contributed by atoms with Crippen LogP contribution in [0.5, 0.6) is 0 Å². The summed E-state index contributed by atoms with van der Waals surface area (Å²) < 4.78 is 1.79. The molecule has 0 aliphatic heterocycles. The lowest BCUT2D eigenvalue weighted by Gasteiger charge is -2.20. The maximum Gasteiger partial charge on any atom is 0.101 e. The summed E-state index contributed by atoms with van der Waals surface area (Å²) >= 11 is 0. The van der Waals surface area contributed by atoms with E-state index in [9.17, 15) is 0 Å². The Morgan fingerprint density at radius 3 is 2.89 bits per heavy atom. The van der Waals surface area contributed by atoms with Crippen LogP contribution in [0.25, 0.3) is 0 Å². The first kappa shape index (κ1) is 12.0. The van der Waals surface area contributed by atoms with Crippen molar-refractivity contribution in [2.75, 3.05) is 24.2 Å². The van der Waals surface area contributed by atoms with Crippen LogP contribution in [0, 0.1) is 11.3 Å². The number of likely N-dealkylation sites (N-methyl/N-ethyl adjacent to an activating group) is 1. The lowest BCUT2D eigenvalue weighted by molar-refractivity contribution is 0.611. The van der Waals surface area contributed by atoms with E-state index in [4.69, 9.17) is 11.0 Å². The van der Waals surface area contributed by atoms with Crippen molar-refractivity contribution in [1.29, 1.82) is 5.26 Å². The highest BCUT2D eigenvalue weighted by Gasteiger charge is 2.06. The van der Waals surface area contributed by atoms with Gasteiger partial charge in [0, 0.05) is 19.8 Å². The molecule has 18 heavy (non-hydrogen) atoms. The minimum atomic E-state index is 0.662. The van der Waals surface area contributed by atoms with E-state index >= 15 is 0 Å². The molecule has 0 aliphatic carbocycles. The standard InChI is InChI=1S/C13H15N5/c1-17(6-7-18-10-12(15)9-16-18)13-5-3-2-4-11(13)8-14/h2-5,9-10H,6-7,15H2,1H3. The highest BCUT2D eigenvalue weighted by molar-refractivity contribution is 5.58. The minimum Gasteiger partial charge on any atom is -0.396 e. The Kier molecular flexibility index (Phi) is 3.49. The van der Waals surface area contributed by atoms with Crippen molar-refractivity contribution in [1.82, 2.24) is 9.78 Å². The number of nitrogen functional groups attached to an aromatic ring is 1. The molecule has 5 nitrogen and oxygen atoms in total. The number of aromatic nitrogens is 2. The van der Waals surface area contributed by atoms with Crippen molar-refractivity contribution < 1.29 is 0 Å². The Balaban J connectivity index is 2.04. The van der Waals surface area contributed by atoms with Crippen molar-refractivity contribution in [3.8, 4) is 6.07 Å². The first-order valence-corrected chi connectivity index (χ1v) is 5.69. The van der Waals surface area contributed by atoms with Gasteiger partial charge in [0.2, 0.25) is 0 Å². The van der Waals surface area contributed by atoms with E-state index in [0.29, 0.717) is 11.3 Å². The van der Waals surface area contributed by atoms with Gasteiger partial charge in [-0.15, -0.1) is 0 Å². The SMILES string of the molecule is CN(CCn1cc(N)cn1)c1ccccc1C#N. The number of nitrogens with zero attached hydrogens (tertiary/aromatic N) is 4. The van der Waals surface area contributed by atoms with E-state index in [2.05, 4.69) is 11.2 Å². The van der Waals surface area contributed by atoms with Crippen LogP contribution in [0.2, 0.25) is 0 Å². The lowest BCUT2D eigenvalue weighted by atomic mass is 10.2. The van der Waals surface area contributed by atoms with Gasteiger partial charge in [-0.25, -0.2) is 0 Å². The Bertz CT molecular complexity index is 567. The largest absolute Gasteiger partial charge is 0.396 e. The molecule has 1 heterocycles. The number of rotatable bonds is 4. The number of hydrogen-bond acceptors (Lipinski definition) is 4. The first-order valence-electron chi connectivity index (χ1n) is 5.69. The predicted octanol–water partition coefficient (Wildman–Crippen LogP) is 1.47. The molecule has 0 saturated carbocycles. The number of para-hydroxylation sites is 1. The highest BCUT2D eigenvalue weighted by Crippen LogP contribution is 2.17. The first-order chi connectivity index (χ1) is 8.70. The lowest BCUT2D eigenvalue weighted by Crippen LogP contribution is -2.23. The van der Waals surface area contributed by atoms with Crippen LogP contribution in [-0.2, 0) is 6.54 Å². The fraction of sp³-hybridized carbons (Fsp3) is 0.231. The number of nitrogens with two attached hydrogens (primary N) is 1. The van der Waals surface area contributed by atoms with E-state index in [1.807, 2.05) is 36.2 Å². The Morgan fingerprint density at radius 1 is 1.44 bits per heavy atom. The normalized spacial score (nSPS) is 10.0. The summed E-state index contributed by atoms with van der Waals surface area (Å²) in [5, 5.41) is 13.2. The van der Waals surface area contributed by atoms with Gasteiger partial charge >= 0.3 is 0 Å². The Labute approximate surface area is 106 Å². The molecule has 0 bridgehead atoms. The molecule has 0 fully saturated rings. The van der Waals surface area contributed by atoms with E-state index in [1.54, 1.807) is 17.1 Å². The van der Waals surface area contributed by atoms with Crippen LogP contribution in [0.3, 0.4) is 0 Å². The monoisotopic (exact) mass is 241 g/mol. The van der Waals surface area contributed by atoms with Gasteiger partial charge in [0.15, 0.2) is 0 Å². The zero-order chi connectivity index (χ0) is 13.0. The molecule has 0 radical (unpaired) electrons. The fourth-order valence-corrected chi connectivity index (χ4v) is 1.78. The molecule has 92 valence electrons. The smallest absolute Gasteiger partial charge is 0.101 e. The second kappa shape index (κ2) is 5.23. The maximum absolute atomic E-state index is 9.05. The average Bonchev–Trinajstić information content (AvgIpc) is 2.81. The molecule has 2 aromatic rings. The summed E-state index contributed by atoms with van der Waals surface area (Å²) in [6.45, 7) is 1.49. The van der Waals surface area contributed by atoms with Crippen molar-refractivity contribution in [3.63, 3.8) is 0 Å². The van der Waals surface area contributed by atoms with Gasteiger partial charge in [0.25, 0.3) is 0 Å². The van der Waals surface area contributed by atoms with Crippen LogP contribution in [0.1, 0.15) is 5.56 Å². The molecular formula is C13H15N5. The summed E-state index contributed by atoms with van der Waals surface area (Å²) in [5.74, 6) is 0. The summed E-state index contributed by atoms with van der Waals surface area (Å²) in [6.07, 6.45) is 3.42. The van der Waals surface area contributed by atoms with Crippen LogP contribution in [0.4, 0.5) is 11.4 Å². The molecule has 0 amide bonds. The third-order valence-corrected chi connectivity index (χ3v) is 2.75. The van der Waals surface area contributed by atoms with Crippen LogP contribution in [-0.4, -0.2) is 23.4 Å². The fourth-order valence-electron chi connectivity index (χ4n) is 1.78.